The number of para-hydroxylation sites is 1. The molecule has 4 rings (SSSR count). The van der Waals surface area contributed by atoms with Gasteiger partial charge in [0, 0.05) is 37.3 Å². The highest BCUT2D eigenvalue weighted by Gasteiger charge is 2.34. The molecule has 6 N–H and O–H groups in total. The van der Waals surface area contributed by atoms with E-state index in [0.29, 0.717) is 59.9 Å². The van der Waals surface area contributed by atoms with Crippen LogP contribution in [-0.4, -0.2) is 60.3 Å². The molecule has 1 aliphatic rings. The minimum Gasteiger partial charge on any atom is -0.494 e. The Morgan fingerprint density at radius 3 is 2.65 bits per heavy atom. The van der Waals surface area contributed by atoms with E-state index in [2.05, 4.69) is 24.9 Å². The van der Waals surface area contributed by atoms with Gasteiger partial charge in [0.25, 0.3) is 0 Å². The summed E-state index contributed by atoms with van der Waals surface area (Å²) < 4.78 is 45.2. The maximum atomic E-state index is 13.3. The van der Waals surface area contributed by atoms with E-state index in [1.54, 1.807) is 30.3 Å². The molecule has 1 aliphatic heterocycles. The highest BCUT2D eigenvalue weighted by atomic mass is 19.4. The molecule has 0 atom stereocenters. The summed E-state index contributed by atoms with van der Waals surface area (Å²) in [7, 11) is 2.94. The second kappa shape index (κ2) is 10.4. The number of hydrogen-bond donors (Lipinski definition) is 3. The number of ether oxygens (including phenoxy) is 1. The van der Waals surface area contributed by atoms with Crippen LogP contribution in [0.1, 0.15) is 16.7 Å². The number of amidine groups is 1. The van der Waals surface area contributed by atoms with Crippen molar-refractivity contribution in [2.24, 2.45) is 21.5 Å². The summed E-state index contributed by atoms with van der Waals surface area (Å²) in [5.74, 6) is 1.22. The SMILES string of the molecule is CN=CC(=C(N)C(F)(F)F)c1ccc2c(c1)CN(CC(N)=Nc1nc(N)nc3c(OC)cccc13)CC2. The fourth-order valence-corrected chi connectivity index (χ4v) is 4.28. The van der Waals surface area contributed by atoms with Crippen LogP contribution in [0.2, 0.25) is 0 Å². The highest BCUT2D eigenvalue weighted by Crippen LogP contribution is 2.32. The van der Waals surface area contributed by atoms with Gasteiger partial charge in [-0.1, -0.05) is 18.2 Å². The zero-order valence-corrected chi connectivity index (χ0v) is 20.4. The predicted molar refractivity (Wildman–Crippen MR) is 139 cm³/mol. The molecule has 37 heavy (non-hydrogen) atoms. The van der Waals surface area contributed by atoms with Crippen LogP contribution in [0.5, 0.6) is 5.75 Å². The molecule has 0 spiro atoms. The number of allylic oxidation sites excluding steroid dienone is 2. The molecule has 12 heteroatoms. The molecule has 1 aromatic heterocycles. The first-order valence-electron chi connectivity index (χ1n) is 11.4. The average molecular weight is 513 g/mol. The van der Waals surface area contributed by atoms with Gasteiger partial charge in [-0.05, 0) is 41.3 Å². The van der Waals surface area contributed by atoms with Crippen LogP contribution < -0.4 is 21.9 Å². The number of nitrogen functional groups attached to an aromatic ring is 1. The van der Waals surface area contributed by atoms with Crippen LogP contribution in [-0.2, 0) is 13.0 Å². The molecule has 3 aromatic rings. The van der Waals surface area contributed by atoms with Crippen LogP contribution in [0, 0.1) is 0 Å². The molecule has 0 radical (unpaired) electrons. The summed E-state index contributed by atoms with van der Waals surface area (Å²) in [6.07, 6.45) is -2.83. The molecular weight excluding hydrogens is 485 g/mol. The van der Waals surface area contributed by atoms with Crippen molar-refractivity contribution in [1.29, 1.82) is 0 Å². The lowest BCUT2D eigenvalue weighted by Gasteiger charge is -2.29. The van der Waals surface area contributed by atoms with Gasteiger partial charge >= 0.3 is 6.18 Å². The topological polar surface area (TPSA) is 141 Å². The standard InChI is InChI=1S/C25H27F3N8O/c1-32-11-18(22(30)25(26,27)28)15-7-6-14-8-9-36(12-16(14)10-15)13-20(29)33-23-17-4-3-5-19(37-2)21(17)34-24(31)35-23/h3-7,10-11H,8-9,12-13,30H2,1-2H3,(H4,29,31,33,34,35). The van der Waals surface area contributed by atoms with Gasteiger partial charge < -0.3 is 21.9 Å². The lowest BCUT2D eigenvalue weighted by Crippen LogP contribution is -2.37. The lowest BCUT2D eigenvalue weighted by atomic mass is 9.94. The molecule has 0 fully saturated rings. The van der Waals surface area contributed by atoms with E-state index >= 15 is 0 Å². The number of methoxy groups -OCH3 is 1. The molecule has 0 bridgehead atoms. The summed E-state index contributed by atoms with van der Waals surface area (Å²) in [6, 6.07) is 10.6. The predicted octanol–water partition coefficient (Wildman–Crippen LogP) is 3.20. The largest absolute Gasteiger partial charge is 0.494 e. The number of halogens is 3. The van der Waals surface area contributed by atoms with E-state index in [9.17, 15) is 13.2 Å². The van der Waals surface area contributed by atoms with E-state index < -0.39 is 11.9 Å². The monoisotopic (exact) mass is 512 g/mol. The Bertz CT molecular complexity index is 1420. The van der Waals surface area contributed by atoms with Crippen molar-refractivity contribution in [3.63, 3.8) is 0 Å². The van der Waals surface area contributed by atoms with Gasteiger partial charge in [-0.25, -0.2) is 9.98 Å². The Morgan fingerprint density at radius 1 is 1.16 bits per heavy atom. The summed E-state index contributed by atoms with van der Waals surface area (Å²) >= 11 is 0. The van der Waals surface area contributed by atoms with Gasteiger partial charge in [0.05, 0.1) is 13.7 Å². The van der Waals surface area contributed by atoms with E-state index in [1.807, 2.05) is 6.07 Å². The van der Waals surface area contributed by atoms with Gasteiger partial charge in [-0.3, -0.25) is 9.89 Å². The van der Waals surface area contributed by atoms with Crippen LogP contribution in [0.4, 0.5) is 24.9 Å². The first-order valence-corrected chi connectivity index (χ1v) is 11.4. The molecular formula is C25H27F3N8O. The molecule has 0 amide bonds. The number of alkyl halides is 3. The molecule has 0 unspecified atom stereocenters. The van der Waals surface area contributed by atoms with Crippen LogP contribution >= 0.6 is 0 Å². The number of fused-ring (bicyclic) bond motifs is 2. The zero-order valence-electron chi connectivity index (χ0n) is 20.4. The Hall–Kier alpha value is -4.19. The minimum absolute atomic E-state index is 0.0422. The third kappa shape index (κ3) is 5.64. The van der Waals surface area contributed by atoms with E-state index in [-0.39, 0.29) is 11.5 Å². The second-order valence-electron chi connectivity index (χ2n) is 8.52. The number of nitrogens with two attached hydrogens (primary N) is 3. The van der Waals surface area contributed by atoms with Gasteiger partial charge in [-0.15, -0.1) is 0 Å². The number of nitrogens with zero attached hydrogens (tertiary/aromatic N) is 5. The molecule has 0 saturated heterocycles. The first kappa shape index (κ1) is 25.9. The summed E-state index contributed by atoms with van der Waals surface area (Å²) in [4.78, 5) is 18.8. The van der Waals surface area contributed by atoms with Crippen molar-refractivity contribution in [3.8, 4) is 5.75 Å². The Balaban J connectivity index is 1.60. The maximum absolute atomic E-state index is 13.3. The van der Waals surface area contributed by atoms with Gasteiger partial charge in [-0.2, -0.15) is 18.2 Å². The fourth-order valence-electron chi connectivity index (χ4n) is 4.28. The lowest BCUT2D eigenvalue weighted by molar-refractivity contribution is -0.0918. The van der Waals surface area contributed by atoms with Crippen LogP contribution in [0.25, 0.3) is 16.5 Å². The van der Waals surface area contributed by atoms with E-state index in [4.69, 9.17) is 21.9 Å². The Morgan fingerprint density at radius 2 is 1.95 bits per heavy atom. The number of aliphatic imine (C=N–C) groups is 2. The number of aromatic nitrogens is 2. The zero-order chi connectivity index (χ0) is 26.7. The van der Waals surface area contributed by atoms with Crippen molar-refractivity contribution in [3.05, 3.63) is 58.8 Å². The van der Waals surface area contributed by atoms with Crippen molar-refractivity contribution in [2.45, 2.75) is 19.1 Å². The molecule has 0 saturated carbocycles. The number of hydrogen-bond acceptors (Lipinski definition) is 8. The van der Waals surface area contributed by atoms with Crippen LogP contribution in [0.15, 0.2) is 52.1 Å². The summed E-state index contributed by atoms with van der Waals surface area (Å²) in [6.45, 7) is 1.50. The Kier molecular flexibility index (Phi) is 7.30. The molecule has 9 nitrogen and oxygen atoms in total. The van der Waals surface area contributed by atoms with Crippen molar-refractivity contribution < 1.29 is 17.9 Å². The van der Waals surface area contributed by atoms with Gasteiger partial charge in [0.1, 0.15) is 22.8 Å². The first-order chi connectivity index (χ1) is 17.6. The number of benzene rings is 2. The summed E-state index contributed by atoms with van der Waals surface area (Å²) in [5, 5.41) is 0.643. The third-order valence-electron chi connectivity index (χ3n) is 6.00. The number of anilines is 1. The van der Waals surface area contributed by atoms with Crippen molar-refractivity contribution in [2.75, 3.05) is 33.0 Å². The maximum Gasteiger partial charge on any atom is 0.431 e. The van der Waals surface area contributed by atoms with Gasteiger partial charge in [0.2, 0.25) is 5.95 Å². The molecule has 194 valence electrons. The van der Waals surface area contributed by atoms with E-state index in [1.165, 1.54) is 14.2 Å². The van der Waals surface area contributed by atoms with Gasteiger partial charge in [0.15, 0.2) is 5.82 Å². The smallest absolute Gasteiger partial charge is 0.431 e. The average Bonchev–Trinajstić information content (AvgIpc) is 2.85. The highest BCUT2D eigenvalue weighted by molar-refractivity contribution is 6.11. The van der Waals surface area contributed by atoms with E-state index in [0.717, 1.165) is 17.3 Å². The summed E-state index contributed by atoms with van der Waals surface area (Å²) in [5.41, 5.74) is 19.0. The quantitative estimate of drug-likeness (QED) is 0.340. The molecule has 0 aliphatic carbocycles. The third-order valence-corrected chi connectivity index (χ3v) is 6.00. The number of rotatable bonds is 6. The Labute approximate surface area is 211 Å². The molecule has 2 aromatic carbocycles. The van der Waals surface area contributed by atoms with Crippen molar-refractivity contribution in [1.82, 2.24) is 14.9 Å². The fraction of sp³-hybridized carbons (Fsp3) is 0.280. The second-order valence-corrected chi connectivity index (χ2v) is 8.52. The van der Waals surface area contributed by atoms with Crippen LogP contribution in [0.3, 0.4) is 0 Å². The van der Waals surface area contributed by atoms with Crippen molar-refractivity contribution >= 4 is 40.3 Å². The molecule has 2 heterocycles. The minimum atomic E-state index is -4.66. The normalized spacial score (nSPS) is 15.6.